The second-order valence-electron chi connectivity index (χ2n) is 6.03. The number of benzene rings is 2. The zero-order valence-electron chi connectivity index (χ0n) is 15.9. The standard InChI is InChI=1S/C20H21ClN4O2S2/c1-27-17-8-7-15(21)13-16(17)23-18(26)10-12-28-20-25-24-19(29-20)22-11-9-14-5-3-2-4-6-14/h2-8,13H,9-12H2,1H3,(H,22,24)(H,23,26). The SMILES string of the molecule is COc1ccc(Cl)cc1NC(=O)CCSc1nnc(NCCc2ccccc2)s1. The number of amides is 1. The molecule has 0 bridgehead atoms. The summed E-state index contributed by atoms with van der Waals surface area (Å²) < 4.78 is 6.07. The number of methoxy groups -OCH3 is 1. The summed E-state index contributed by atoms with van der Waals surface area (Å²) in [6.07, 6.45) is 1.27. The van der Waals surface area contributed by atoms with Crippen molar-refractivity contribution in [3.8, 4) is 5.75 Å². The fourth-order valence-electron chi connectivity index (χ4n) is 2.52. The molecule has 0 atom stereocenters. The van der Waals surface area contributed by atoms with Gasteiger partial charge in [0.25, 0.3) is 0 Å². The van der Waals surface area contributed by atoms with Gasteiger partial charge in [-0.3, -0.25) is 4.79 Å². The quantitative estimate of drug-likeness (QED) is 0.426. The van der Waals surface area contributed by atoms with Crippen molar-refractivity contribution in [2.24, 2.45) is 0 Å². The van der Waals surface area contributed by atoms with Crippen molar-refractivity contribution in [1.82, 2.24) is 10.2 Å². The minimum Gasteiger partial charge on any atom is -0.495 e. The van der Waals surface area contributed by atoms with E-state index in [2.05, 4.69) is 33.0 Å². The molecular weight excluding hydrogens is 428 g/mol. The van der Waals surface area contributed by atoms with Gasteiger partial charge in [0.1, 0.15) is 5.75 Å². The van der Waals surface area contributed by atoms with Crippen LogP contribution in [-0.4, -0.2) is 35.5 Å². The molecule has 2 N–H and O–H groups in total. The number of hydrogen-bond acceptors (Lipinski definition) is 7. The molecule has 152 valence electrons. The number of carbonyl (C=O) groups is 1. The average molecular weight is 449 g/mol. The van der Waals surface area contributed by atoms with Gasteiger partial charge < -0.3 is 15.4 Å². The number of anilines is 2. The fraction of sp³-hybridized carbons (Fsp3) is 0.250. The van der Waals surface area contributed by atoms with Crippen LogP contribution < -0.4 is 15.4 Å². The van der Waals surface area contributed by atoms with E-state index in [0.717, 1.165) is 22.4 Å². The highest BCUT2D eigenvalue weighted by Gasteiger charge is 2.10. The Balaban J connectivity index is 1.39. The van der Waals surface area contributed by atoms with E-state index in [-0.39, 0.29) is 5.91 Å². The largest absolute Gasteiger partial charge is 0.495 e. The molecule has 1 amide bonds. The van der Waals surface area contributed by atoms with E-state index < -0.39 is 0 Å². The third-order valence-corrected chi connectivity index (χ3v) is 6.18. The number of carbonyl (C=O) groups excluding carboxylic acids is 1. The lowest BCUT2D eigenvalue weighted by Crippen LogP contribution is -2.12. The smallest absolute Gasteiger partial charge is 0.225 e. The molecule has 3 rings (SSSR count). The normalized spacial score (nSPS) is 10.6. The number of thioether (sulfide) groups is 1. The number of hydrogen-bond donors (Lipinski definition) is 2. The Kier molecular flexibility index (Phi) is 8.15. The number of rotatable bonds is 10. The lowest BCUT2D eigenvalue weighted by atomic mass is 10.2. The molecule has 29 heavy (non-hydrogen) atoms. The van der Waals surface area contributed by atoms with Crippen LogP contribution in [0.25, 0.3) is 0 Å². The van der Waals surface area contributed by atoms with Gasteiger partial charge in [-0.15, -0.1) is 10.2 Å². The third-order valence-electron chi connectivity index (χ3n) is 3.93. The molecule has 0 spiro atoms. The molecule has 9 heteroatoms. The van der Waals surface area contributed by atoms with Gasteiger partial charge in [-0.25, -0.2) is 0 Å². The van der Waals surface area contributed by atoms with Gasteiger partial charge in [-0.05, 0) is 30.2 Å². The Bertz CT molecular complexity index is 937. The first-order valence-corrected chi connectivity index (χ1v) is 11.2. The molecule has 1 heterocycles. The summed E-state index contributed by atoms with van der Waals surface area (Å²) in [4.78, 5) is 12.2. The third kappa shape index (κ3) is 6.92. The van der Waals surface area contributed by atoms with Crippen LogP contribution in [0.4, 0.5) is 10.8 Å². The maximum absolute atomic E-state index is 12.2. The monoisotopic (exact) mass is 448 g/mol. The maximum atomic E-state index is 12.2. The van der Waals surface area contributed by atoms with Crippen molar-refractivity contribution in [1.29, 1.82) is 0 Å². The first-order chi connectivity index (χ1) is 14.1. The Morgan fingerprint density at radius 1 is 1.21 bits per heavy atom. The highest BCUT2D eigenvalue weighted by Crippen LogP contribution is 2.29. The lowest BCUT2D eigenvalue weighted by Gasteiger charge is -2.10. The van der Waals surface area contributed by atoms with E-state index >= 15 is 0 Å². The minimum atomic E-state index is -0.108. The van der Waals surface area contributed by atoms with Crippen molar-refractivity contribution < 1.29 is 9.53 Å². The summed E-state index contributed by atoms with van der Waals surface area (Å²) in [6, 6.07) is 15.4. The van der Waals surface area contributed by atoms with Crippen LogP contribution in [0.5, 0.6) is 5.75 Å². The molecule has 1 aromatic heterocycles. The Morgan fingerprint density at radius 3 is 2.83 bits per heavy atom. The van der Waals surface area contributed by atoms with Crippen molar-refractivity contribution in [3.05, 3.63) is 59.1 Å². The van der Waals surface area contributed by atoms with Crippen LogP contribution in [0.1, 0.15) is 12.0 Å². The van der Waals surface area contributed by atoms with Crippen molar-refractivity contribution in [2.75, 3.05) is 30.0 Å². The molecule has 0 saturated heterocycles. The number of aromatic nitrogens is 2. The number of halogens is 1. The number of nitrogens with zero attached hydrogens (tertiary/aromatic N) is 2. The Hall–Kier alpha value is -2.29. The molecule has 0 radical (unpaired) electrons. The predicted molar refractivity (Wildman–Crippen MR) is 121 cm³/mol. The van der Waals surface area contributed by atoms with E-state index in [1.807, 2.05) is 18.2 Å². The van der Waals surface area contributed by atoms with Crippen LogP contribution >= 0.6 is 34.7 Å². The van der Waals surface area contributed by atoms with Crippen LogP contribution in [0.15, 0.2) is 52.9 Å². The summed E-state index contributed by atoms with van der Waals surface area (Å²) in [5, 5.41) is 15.8. The van der Waals surface area contributed by atoms with Gasteiger partial charge >= 0.3 is 0 Å². The topological polar surface area (TPSA) is 76.1 Å². The van der Waals surface area contributed by atoms with Gasteiger partial charge in [-0.1, -0.05) is 65.0 Å². The van der Waals surface area contributed by atoms with E-state index in [1.165, 1.54) is 28.7 Å². The highest BCUT2D eigenvalue weighted by molar-refractivity contribution is 8.01. The minimum absolute atomic E-state index is 0.108. The van der Waals surface area contributed by atoms with Crippen molar-refractivity contribution >= 4 is 51.4 Å². The second-order valence-corrected chi connectivity index (χ2v) is 8.78. The number of ether oxygens (including phenoxy) is 1. The second kappa shape index (κ2) is 11.0. The summed E-state index contributed by atoms with van der Waals surface area (Å²) in [5.74, 6) is 1.07. The summed E-state index contributed by atoms with van der Waals surface area (Å²) >= 11 is 8.99. The van der Waals surface area contributed by atoms with Gasteiger partial charge in [0.05, 0.1) is 12.8 Å². The van der Waals surface area contributed by atoms with Crippen LogP contribution in [-0.2, 0) is 11.2 Å². The molecule has 3 aromatic rings. The molecule has 0 aliphatic carbocycles. The first-order valence-electron chi connectivity index (χ1n) is 9.01. The van der Waals surface area contributed by atoms with E-state index in [1.54, 1.807) is 25.3 Å². The molecule has 0 aliphatic heterocycles. The zero-order chi connectivity index (χ0) is 20.5. The van der Waals surface area contributed by atoms with Crippen LogP contribution in [0.2, 0.25) is 5.02 Å². The Labute approximate surface area is 183 Å². The van der Waals surface area contributed by atoms with E-state index in [4.69, 9.17) is 16.3 Å². The predicted octanol–water partition coefficient (Wildman–Crippen LogP) is 4.98. The van der Waals surface area contributed by atoms with Gasteiger partial charge in [0.2, 0.25) is 11.0 Å². The fourth-order valence-corrected chi connectivity index (χ4v) is 4.48. The lowest BCUT2D eigenvalue weighted by molar-refractivity contribution is -0.115. The van der Waals surface area contributed by atoms with Crippen LogP contribution in [0.3, 0.4) is 0 Å². The van der Waals surface area contributed by atoms with E-state index in [9.17, 15) is 4.79 Å². The summed E-state index contributed by atoms with van der Waals surface area (Å²) in [7, 11) is 1.55. The maximum Gasteiger partial charge on any atom is 0.225 e. The summed E-state index contributed by atoms with van der Waals surface area (Å²) in [5.41, 5.74) is 1.84. The molecule has 2 aromatic carbocycles. The Morgan fingerprint density at radius 2 is 2.03 bits per heavy atom. The van der Waals surface area contributed by atoms with Gasteiger partial charge in [-0.2, -0.15) is 0 Å². The highest BCUT2D eigenvalue weighted by atomic mass is 35.5. The average Bonchev–Trinajstić information content (AvgIpc) is 3.16. The first kappa shape index (κ1) is 21.4. The van der Waals surface area contributed by atoms with Crippen LogP contribution in [0, 0.1) is 0 Å². The molecular formula is C20H21ClN4O2S2. The van der Waals surface area contributed by atoms with Crippen molar-refractivity contribution in [2.45, 2.75) is 17.2 Å². The summed E-state index contributed by atoms with van der Waals surface area (Å²) in [6.45, 7) is 0.799. The molecule has 0 saturated carbocycles. The van der Waals surface area contributed by atoms with Gasteiger partial charge in [0.15, 0.2) is 4.34 Å². The molecule has 0 unspecified atom stereocenters. The van der Waals surface area contributed by atoms with E-state index in [0.29, 0.717) is 28.6 Å². The van der Waals surface area contributed by atoms with Gasteiger partial charge in [0, 0.05) is 23.7 Å². The molecule has 6 nitrogen and oxygen atoms in total. The van der Waals surface area contributed by atoms with Crippen molar-refractivity contribution in [3.63, 3.8) is 0 Å². The molecule has 0 aliphatic rings. The number of nitrogens with one attached hydrogen (secondary N) is 2. The zero-order valence-corrected chi connectivity index (χ0v) is 18.2. The molecule has 0 fully saturated rings.